The molecule has 33 heavy (non-hydrogen) atoms. The molecule has 2 aromatic carbocycles. The lowest BCUT2D eigenvalue weighted by Gasteiger charge is -2.09. The van der Waals surface area contributed by atoms with Crippen LogP contribution in [0.3, 0.4) is 0 Å². The van der Waals surface area contributed by atoms with Crippen LogP contribution in [0.5, 0.6) is 0 Å². The quantitative estimate of drug-likeness (QED) is 0.269. The molecule has 5 rings (SSSR count). The molecule has 2 heterocycles. The third-order valence-electron chi connectivity index (χ3n) is 5.71. The summed E-state index contributed by atoms with van der Waals surface area (Å²) < 4.78 is 6.90. The number of Topliss-reactive ketones (excluding diaryl/α,β-unsaturated/α-hetero) is 1. The lowest BCUT2D eigenvalue weighted by molar-refractivity contribution is 0.0469. The minimum atomic E-state index is -0.761. The maximum atomic E-state index is 12.8. The van der Waals surface area contributed by atoms with Crippen molar-refractivity contribution in [2.75, 3.05) is 6.61 Å². The highest BCUT2D eigenvalue weighted by Crippen LogP contribution is 2.36. The van der Waals surface area contributed by atoms with Gasteiger partial charge in [0, 0.05) is 11.3 Å². The average Bonchev–Trinajstić information content (AvgIpc) is 3.35. The van der Waals surface area contributed by atoms with Gasteiger partial charge in [0.15, 0.2) is 23.9 Å². The molecule has 6 nitrogen and oxygen atoms in total. The zero-order chi connectivity index (χ0) is 23.1. The Morgan fingerprint density at radius 1 is 1.00 bits per heavy atom. The second-order valence-corrected chi connectivity index (χ2v) is 8.45. The topological polar surface area (TPSA) is 74.1 Å². The fourth-order valence-corrected chi connectivity index (χ4v) is 4.32. The van der Waals surface area contributed by atoms with Gasteiger partial charge in [-0.3, -0.25) is 4.79 Å². The van der Waals surface area contributed by atoms with E-state index in [1.54, 1.807) is 22.9 Å². The summed E-state index contributed by atoms with van der Waals surface area (Å²) in [5, 5.41) is 4.52. The van der Waals surface area contributed by atoms with Crippen LogP contribution in [0.25, 0.3) is 16.9 Å². The fourth-order valence-electron chi connectivity index (χ4n) is 4.13. The highest BCUT2D eigenvalue weighted by Gasteiger charge is 2.21. The minimum absolute atomic E-state index is 0.0580. The molecule has 0 bridgehead atoms. The number of pyridine rings is 1. The van der Waals surface area contributed by atoms with Crippen molar-refractivity contribution in [1.82, 2.24) is 14.8 Å². The summed E-state index contributed by atoms with van der Waals surface area (Å²) in [4.78, 5) is 29.8. The lowest BCUT2D eigenvalue weighted by atomic mass is 10.0. The molecule has 0 spiro atoms. The smallest absolute Gasteiger partial charge is 0.359 e. The van der Waals surface area contributed by atoms with E-state index in [0.29, 0.717) is 11.4 Å². The van der Waals surface area contributed by atoms with Crippen molar-refractivity contribution in [2.24, 2.45) is 0 Å². The van der Waals surface area contributed by atoms with Gasteiger partial charge in [-0.2, -0.15) is 5.10 Å². The Kier molecular flexibility index (Phi) is 5.30. The maximum Gasteiger partial charge on any atom is 0.359 e. The van der Waals surface area contributed by atoms with Gasteiger partial charge in [0.25, 0.3) is 0 Å². The Labute approximate surface area is 195 Å². The molecule has 0 radical (unpaired) electrons. The number of fused-ring (bicyclic) bond motifs is 3. The molecular formula is C26H20ClN3O3. The van der Waals surface area contributed by atoms with E-state index in [0.717, 1.165) is 28.9 Å². The Balaban J connectivity index is 1.33. The average molecular weight is 458 g/mol. The predicted molar refractivity (Wildman–Crippen MR) is 125 cm³/mol. The van der Waals surface area contributed by atoms with Gasteiger partial charge in [-0.1, -0.05) is 48.0 Å². The largest absolute Gasteiger partial charge is 0.453 e. The third-order valence-corrected chi connectivity index (χ3v) is 6.01. The van der Waals surface area contributed by atoms with Gasteiger partial charge in [0.2, 0.25) is 0 Å². The van der Waals surface area contributed by atoms with Crippen molar-refractivity contribution in [3.8, 4) is 16.9 Å². The van der Waals surface area contributed by atoms with E-state index in [-0.39, 0.29) is 16.5 Å². The molecule has 0 N–H and O–H groups in total. The van der Waals surface area contributed by atoms with Gasteiger partial charge in [0.1, 0.15) is 0 Å². The Bertz CT molecular complexity index is 1420. The van der Waals surface area contributed by atoms with Gasteiger partial charge in [-0.15, -0.1) is 0 Å². The minimum Gasteiger partial charge on any atom is -0.453 e. The van der Waals surface area contributed by atoms with E-state index >= 15 is 0 Å². The number of hydrogen-bond acceptors (Lipinski definition) is 5. The number of nitrogens with zero attached hydrogens (tertiary/aromatic N) is 3. The maximum absolute atomic E-state index is 12.8. The second-order valence-electron chi connectivity index (χ2n) is 8.04. The highest BCUT2D eigenvalue weighted by atomic mass is 35.5. The van der Waals surface area contributed by atoms with E-state index in [1.165, 1.54) is 11.1 Å². The molecule has 4 aromatic rings. The molecule has 0 fully saturated rings. The van der Waals surface area contributed by atoms with Crippen molar-refractivity contribution in [3.05, 3.63) is 99.5 Å². The number of benzene rings is 2. The summed E-state index contributed by atoms with van der Waals surface area (Å²) in [6, 6.07) is 18.9. The number of esters is 1. The number of carbonyl (C=O) groups excluding carboxylic acids is 2. The zero-order valence-electron chi connectivity index (χ0n) is 18.1. The molecule has 2 aromatic heterocycles. The number of hydrogen-bond donors (Lipinski definition) is 0. The molecule has 0 aliphatic heterocycles. The number of ketones is 1. The third kappa shape index (κ3) is 3.94. The monoisotopic (exact) mass is 457 g/mol. The van der Waals surface area contributed by atoms with Gasteiger partial charge in [0.05, 0.1) is 10.7 Å². The van der Waals surface area contributed by atoms with Crippen LogP contribution in [0.15, 0.2) is 60.7 Å². The molecule has 164 valence electrons. The number of rotatable bonds is 5. The Morgan fingerprint density at radius 2 is 1.79 bits per heavy atom. The summed E-state index contributed by atoms with van der Waals surface area (Å²) >= 11 is 6.19. The fraction of sp³-hybridized carbons (Fsp3) is 0.154. The van der Waals surface area contributed by atoms with E-state index in [1.807, 2.05) is 44.2 Å². The van der Waals surface area contributed by atoms with Gasteiger partial charge in [-0.25, -0.2) is 14.5 Å². The number of aromatic nitrogens is 3. The SMILES string of the molecule is Cc1cc(C)n(-c2ccc(Cl)c(C(=O)OCC(=O)c3ccc4c(c3)-c3ccccc3C4)n2)n1. The Hall–Kier alpha value is -3.77. The second kappa shape index (κ2) is 8.30. The molecule has 1 aliphatic carbocycles. The van der Waals surface area contributed by atoms with Crippen LogP contribution in [-0.4, -0.2) is 33.1 Å². The summed E-state index contributed by atoms with van der Waals surface area (Å²) in [5.74, 6) is -0.606. The van der Waals surface area contributed by atoms with E-state index in [9.17, 15) is 9.59 Å². The first-order chi connectivity index (χ1) is 15.9. The summed E-state index contributed by atoms with van der Waals surface area (Å²) in [6.45, 7) is 3.36. The van der Waals surface area contributed by atoms with Crippen molar-refractivity contribution < 1.29 is 14.3 Å². The van der Waals surface area contributed by atoms with Crippen molar-refractivity contribution in [1.29, 1.82) is 0 Å². The first-order valence-electron chi connectivity index (χ1n) is 10.5. The number of ether oxygens (including phenoxy) is 1. The lowest BCUT2D eigenvalue weighted by Crippen LogP contribution is -2.16. The zero-order valence-corrected chi connectivity index (χ0v) is 18.9. The van der Waals surface area contributed by atoms with Crippen molar-refractivity contribution >= 4 is 23.4 Å². The molecule has 0 unspecified atom stereocenters. The predicted octanol–water partition coefficient (Wildman–Crippen LogP) is 5.15. The molecule has 1 aliphatic rings. The van der Waals surface area contributed by atoms with Gasteiger partial charge < -0.3 is 4.74 Å². The van der Waals surface area contributed by atoms with Crippen LogP contribution in [0.4, 0.5) is 0 Å². The molecule has 0 atom stereocenters. The first-order valence-corrected chi connectivity index (χ1v) is 10.9. The standard InChI is InChI=1S/C26H20ClN3O3/c1-15-11-16(2)30(29-15)24-10-9-22(27)25(28-24)26(32)33-14-23(31)19-8-7-18-12-17-5-3-4-6-20(17)21(18)13-19/h3-11,13H,12,14H2,1-2H3. The molecule has 0 amide bonds. The van der Waals surface area contributed by atoms with Crippen LogP contribution >= 0.6 is 11.6 Å². The summed E-state index contributed by atoms with van der Waals surface area (Å²) in [5.41, 5.74) is 6.74. The van der Waals surface area contributed by atoms with Crippen LogP contribution < -0.4 is 0 Å². The summed E-state index contributed by atoms with van der Waals surface area (Å²) in [7, 11) is 0. The van der Waals surface area contributed by atoms with Gasteiger partial charge >= 0.3 is 5.97 Å². The van der Waals surface area contributed by atoms with E-state index in [2.05, 4.69) is 22.2 Å². The van der Waals surface area contributed by atoms with E-state index < -0.39 is 12.6 Å². The number of aryl methyl sites for hydroxylation is 2. The molecular weight excluding hydrogens is 438 g/mol. The molecule has 0 saturated carbocycles. The van der Waals surface area contributed by atoms with Crippen molar-refractivity contribution in [3.63, 3.8) is 0 Å². The van der Waals surface area contributed by atoms with Crippen LogP contribution in [-0.2, 0) is 11.2 Å². The summed E-state index contributed by atoms with van der Waals surface area (Å²) in [6.07, 6.45) is 0.852. The van der Waals surface area contributed by atoms with Crippen LogP contribution in [0.2, 0.25) is 5.02 Å². The Morgan fingerprint density at radius 3 is 2.58 bits per heavy atom. The highest BCUT2D eigenvalue weighted by molar-refractivity contribution is 6.33. The molecule has 7 heteroatoms. The van der Waals surface area contributed by atoms with Crippen LogP contribution in [0, 0.1) is 13.8 Å². The van der Waals surface area contributed by atoms with Crippen molar-refractivity contribution in [2.45, 2.75) is 20.3 Å². The number of halogens is 1. The molecule has 0 saturated heterocycles. The number of carbonyl (C=O) groups is 2. The van der Waals surface area contributed by atoms with Gasteiger partial charge in [-0.05, 0) is 66.8 Å². The van der Waals surface area contributed by atoms with Crippen LogP contribution in [0.1, 0.15) is 43.4 Å². The first kappa shape index (κ1) is 21.1. The van der Waals surface area contributed by atoms with E-state index in [4.69, 9.17) is 16.3 Å². The normalized spacial score (nSPS) is 11.7.